The van der Waals surface area contributed by atoms with Gasteiger partial charge in [0.05, 0.1) is 5.56 Å². The topological polar surface area (TPSA) is 17.1 Å². The fraction of sp³-hybridized carbons (Fsp3) is 0.0714. The number of carbonyl (C=O) groups excluding carboxylic acids is 1. The summed E-state index contributed by atoms with van der Waals surface area (Å²) in [6, 6.07) is 7.63. The van der Waals surface area contributed by atoms with Crippen molar-refractivity contribution in [1.82, 2.24) is 0 Å². The third kappa shape index (κ3) is 2.82. The Bertz CT molecular complexity index is 664. The minimum Gasteiger partial charge on any atom is -0.276 e. The Balaban J connectivity index is 2.73. The molecule has 104 valence electrons. The molecule has 0 aliphatic heterocycles. The van der Waals surface area contributed by atoms with Gasteiger partial charge in [-0.3, -0.25) is 4.79 Å². The molecule has 2 rings (SSSR count). The molecule has 0 bridgehead atoms. The van der Waals surface area contributed by atoms with E-state index in [9.17, 15) is 22.4 Å². The first kappa shape index (κ1) is 14.5. The first-order chi connectivity index (χ1) is 9.30. The van der Waals surface area contributed by atoms with E-state index in [1.807, 2.05) is 0 Å². The Morgan fingerprint density at radius 2 is 1.65 bits per heavy atom. The van der Waals surface area contributed by atoms with Gasteiger partial charge in [-0.1, -0.05) is 24.3 Å². The summed E-state index contributed by atoms with van der Waals surface area (Å²) in [5.74, 6) is -0.748. The largest absolute Gasteiger partial charge is 0.417 e. The Labute approximate surface area is 116 Å². The van der Waals surface area contributed by atoms with E-state index < -0.39 is 22.8 Å². The zero-order chi connectivity index (χ0) is 14.9. The van der Waals surface area contributed by atoms with Crippen molar-refractivity contribution in [1.29, 1.82) is 0 Å². The van der Waals surface area contributed by atoms with E-state index in [-0.39, 0.29) is 16.7 Å². The number of rotatable bonds is 2. The second kappa shape index (κ2) is 5.25. The minimum atomic E-state index is -4.59. The molecule has 0 radical (unpaired) electrons. The number of carbonyl (C=O) groups is 1. The molecule has 0 amide bonds. The van der Waals surface area contributed by atoms with Gasteiger partial charge in [0.15, 0.2) is 0 Å². The molecule has 0 N–H and O–H groups in total. The number of halogens is 5. The van der Waals surface area contributed by atoms with Crippen molar-refractivity contribution in [2.45, 2.75) is 6.18 Å². The van der Waals surface area contributed by atoms with Crippen molar-refractivity contribution in [2.24, 2.45) is 0 Å². The standard InChI is InChI=1S/C14H7ClF4O/c15-13(20)11-7-8(16)5-6-9(11)10-3-1-2-4-12(10)14(17,18)19/h1-7H. The molecule has 0 fully saturated rings. The van der Waals surface area contributed by atoms with Gasteiger partial charge in [0.25, 0.3) is 5.24 Å². The molecule has 2 aromatic rings. The molecule has 6 heteroatoms. The molecular weight excluding hydrogens is 296 g/mol. The molecule has 0 heterocycles. The normalized spacial score (nSPS) is 11.4. The SMILES string of the molecule is O=C(Cl)c1cc(F)ccc1-c1ccccc1C(F)(F)F. The number of benzene rings is 2. The van der Waals surface area contributed by atoms with E-state index >= 15 is 0 Å². The average Bonchev–Trinajstić information content (AvgIpc) is 2.37. The van der Waals surface area contributed by atoms with Gasteiger partial charge >= 0.3 is 6.18 Å². The Morgan fingerprint density at radius 1 is 1.00 bits per heavy atom. The molecule has 0 aliphatic rings. The summed E-state index contributed by atoms with van der Waals surface area (Å²) < 4.78 is 52.0. The molecule has 0 spiro atoms. The lowest BCUT2D eigenvalue weighted by Gasteiger charge is -2.14. The zero-order valence-corrected chi connectivity index (χ0v) is 10.6. The molecule has 0 unspecified atom stereocenters. The molecule has 0 atom stereocenters. The van der Waals surface area contributed by atoms with Gasteiger partial charge < -0.3 is 0 Å². The third-order valence-electron chi connectivity index (χ3n) is 2.72. The van der Waals surface area contributed by atoms with Crippen LogP contribution in [0.1, 0.15) is 15.9 Å². The highest BCUT2D eigenvalue weighted by atomic mass is 35.5. The average molecular weight is 303 g/mol. The number of hydrogen-bond donors (Lipinski definition) is 0. The van der Waals surface area contributed by atoms with Gasteiger partial charge in [-0.25, -0.2) is 4.39 Å². The van der Waals surface area contributed by atoms with Crippen LogP contribution < -0.4 is 0 Å². The molecule has 20 heavy (non-hydrogen) atoms. The van der Waals surface area contributed by atoms with Crippen molar-refractivity contribution in [3.8, 4) is 11.1 Å². The second-order valence-corrected chi connectivity index (χ2v) is 4.35. The second-order valence-electron chi connectivity index (χ2n) is 4.01. The molecule has 2 aromatic carbocycles. The lowest BCUT2D eigenvalue weighted by molar-refractivity contribution is -0.137. The van der Waals surface area contributed by atoms with E-state index in [1.54, 1.807) is 0 Å². The molecule has 0 saturated carbocycles. The lowest BCUT2D eigenvalue weighted by atomic mass is 9.95. The highest BCUT2D eigenvalue weighted by Crippen LogP contribution is 2.38. The maximum Gasteiger partial charge on any atom is 0.417 e. The van der Waals surface area contributed by atoms with Crippen molar-refractivity contribution in [3.05, 3.63) is 59.4 Å². The predicted octanol–water partition coefficient (Wildman–Crippen LogP) is 4.89. The van der Waals surface area contributed by atoms with Gasteiger partial charge in [0.2, 0.25) is 0 Å². The Morgan fingerprint density at radius 3 is 2.25 bits per heavy atom. The summed E-state index contributed by atoms with van der Waals surface area (Å²) in [6.45, 7) is 0. The van der Waals surface area contributed by atoms with E-state index in [0.29, 0.717) is 0 Å². The lowest BCUT2D eigenvalue weighted by Crippen LogP contribution is -2.08. The van der Waals surface area contributed by atoms with Gasteiger partial charge in [-0.05, 0) is 40.9 Å². The van der Waals surface area contributed by atoms with Crippen LogP contribution >= 0.6 is 11.6 Å². The highest BCUT2D eigenvalue weighted by Gasteiger charge is 2.34. The molecule has 0 aromatic heterocycles. The van der Waals surface area contributed by atoms with Crippen molar-refractivity contribution >= 4 is 16.8 Å². The summed E-state index contributed by atoms with van der Waals surface area (Å²) in [7, 11) is 0. The first-order valence-corrected chi connectivity index (χ1v) is 5.84. The van der Waals surface area contributed by atoms with E-state index in [2.05, 4.69) is 0 Å². The predicted molar refractivity (Wildman–Crippen MR) is 67.0 cm³/mol. The maximum atomic E-state index is 13.1. The van der Waals surface area contributed by atoms with E-state index in [0.717, 1.165) is 24.3 Å². The zero-order valence-electron chi connectivity index (χ0n) is 9.84. The van der Waals surface area contributed by atoms with Crippen molar-refractivity contribution in [3.63, 3.8) is 0 Å². The molecular formula is C14H7ClF4O. The van der Waals surface area contributed by atoms with Crippen LogP contribution in [0.15, 0.2) is 42.5 Å². The fourth-order valence-electron chi connectivity index (χ4n) is 1.88. The van der Waals surface area contributed by atoms with E-state index in [4.69, 9.17) is 11.6 Å². The molecule has 1 nitrogen and oxygen atoms in total. The van der Waals surface area contributed by atoms with E-state index in [1.165, 1.54) is 18.2 Å². The van der Waals surface area contributed by atoms with Crippen LogP contribution in [0.25, 0.3) is 11.1 Å². The fourth-order valence-corrected chi connectivity index (χ4v) is 2.04. The smallest absolute Gasteiger partial charge is 0.276 e. The number of hydrogen-bond acceptors (Lipinski definition) is 1. The van der Waals surface area contributed by atoms with Crippen LogP contribution in [0.5, 0.6) is 0 Å². The monoisotopic (exact) mass is 302 g/mol. The Hall–Kier alpha value is -1.88. The quantitative estimate of drug-likeness (QED) is 0.570. The first-order valence-electron chi connectivity index (χ1n) is 5.46. The minimum absolute atomic E-state index is 0.0562. The van der Waals surface area contributed by atoms with Gasteiger partial charge in [0, 0.05) is 5.56 Å². The van der Waals surface area contributed by atoms with Gasteiger partial charge in [0.1, 0.15) is 5.82 Å². The summed E-state index contributed by atoms with van der Waals surface area (Å²) in [5, 5.41) is -1.02. The van der Waals surface area contributed by atoms with Crippen LogP contribution in [-0.2, 0) is 6.18 Å². The summed E-state index contributed by atoms with van der Waals surface area (Å²) in [6.07, 6.45) is -4.59. The van der Waals surface area contributed by atoms with Crippen LogP contribution in [0.3, 0.4) is 0 Å². The molecule has 0 saturated heterocycles. The van der Waals surface area contributed by atoms with Crippen molar-refractivity contribution < 1.29 is 22.4 Å². The number of alkyl halides is 3. The summed E-state index contributed by atoms with van der Waals surface area (Å²) >= 11 is 5.31. The summed E-state index contributed by atoms with van der Waals surface area (Å²) in [5.41, 5.74) is -1.49. The third-order valence-corrected chi connectivity index (χ3v) is 2.92. The van der Waals surface area contributed by atoms with Crippen LogP contribution in [0.4, 0.5) is 17.6 Å². The van der Waals surface area contributed by atoms with Gasteiger partial charge in [-0.2, -0.15) is 13.2 Å². The van der Waals surface area contributed by atoms with Crippen molar-refractivity contribution in [2.75, 3.05) is 0 Å². The molecule has 0 aliphatic carbocycles. The summed E-state index contributed by atoms with van der Waals surface area (Å²) in [4.78, 5) is 11.3. The van der Waals surface area contributed by atoms with Crippen LogP contribution in [-0.4, -0.2) is 5.24 Å². The Kier molecular flexibility index (Phi) is 3.81. The van der Waals surface area contributed by atoms with Crippen LogP contribution in [0, 0.1) is 5.82 Å². The van der Waals surface area contributed by atoms with Crippen LogP contribution in [0.2, 0.25) is 0 Å². The van der Waals surface area contributed by atoms with Gasteiger partial charge in [-0.15, -0.1) is 0 Å². The highest BCUT2D eigenvalue weighted by molar-refractivity contribution is 6.68. The maximum absolute atomic E-state index is 13.1.